The van der Waals surface area contributed by atoms with Crippen molar-refractivity contribution in [1.82, 2.24) is 9.88 Å². The van der Waals surface area contributed by atoms with Crippen molar-refractivity contribution in [3.05, 3.63) is 95.8 Å². The van der Waals surface area contributed by atoms with Crippen LogP contribution in [0.4, 0.5) is 5.69 Å². The minimum absolute atomic E-state index is 0.00560. The van der Waals surface area contributed by atoms with Gasteiger partial charge < -0.3 is 15.0 Å². The van der Waals surface area contributed by atoms with Gasteiger partial charge in [-0.25, -0.2) is 0 Å². The van der Waals surface area contributed by atoms with Crippen LogP contribution in [0.25, 0.3) is 6.08 Å². The Morgan fingerprint density at radius 1 is 1.03 bits per heavy atom. The molecular weight excluding hydrogens is 414 g/mol. The Kier molecular flexibility index (Phi) is 8.77. The number of aromatic nitrogens is 1. The molecule has 0 spiro atoms. The fraction of sp³-hybridized carbons (Fsp3) is 0.222. The molecule has 0 bridgehead atoms. The average molecular weight is 444 g/mol. The number of hydrogen-bond acceptors (Lipinski definition) is 4. The maximum atomic E-state index is 12.7. The van der Waals surface area contributed by atoms with Gasteiger partial charge in [0.05, 0.1) is 5.69 Å². The van der Waals surface area contributed by atoms with E-state index in [2.05, 4.69) is 10.3 Å². The molecule has 1 heterocycles. The molecule has 33 heavy (non-hydrogen) atoms. The van der Waals surface area contributed by atoms with Crippen molar-refractivity contribution in [2.45, 2.75) is 26.9 Å². The van der Waals surface area contributed by atoms with E-state index in [9.17, 15) is 9.59 Å². The number of nitrogens with one attached hydrogen (secondary N) is 1. The molecule has 6 heteroatoms. The second kappa shape index (κ2) is 12.2. The molecule has 3 aromatic rings. The summed E-state index contributed by atoms with van der Waals surface area (Å²) in [7, 11) is 0. The standard InChI is InChI=1S/C27H29N3O3/c1-3-18-30(19-26(31)29-25-10-5-4-8-21(25)2)27(32)16-13-22-11-14-24(15-12-22)33-20-23-9-6-7-17-28-23/h4-17H,3,18-20H2,1-2H3,(H,29,31)/b16-13+. The Bertz CT molecular complexity index is 1080. The molecule has 0 radical (unpaired) electrons. The summed E-state index contributed by atoms with van der Waals surface area (Å²) in [6, 6.07) is 20.7. The molecule has 6 nitrogen and oxygen atoms in total. The van der Waals surface area contributed by atoms with Gasteiger partial charge in [-0.2, -0.15) is 0 Å². The summed E-state index contributed by atoms with van der Waals surface area (Å²) in [5.41, 5.74) is 3.46. The molecule has 0 saturated carbocycles. The monoisotopic (exact) mass is 443 g/mol. The largest absolute Gasteiger partial charge is 0.487 e. The minimum Gasteiger partial charge on any atom is -0.487 e. The Hall–Kier alpha value is -3.93. The second-order valence-corrected chi connectivity index (χ2v) is 7.64. The summed E-state index contributed by atoms with van der Waals surface area (Å²) in [6.07, 6.45) is 5.74. The third kappa shape index (κ3) is 7.61. The van der Waals surface area contributed by atoms with Gasteiger partial charge in [0.15, 0.2) is 0 Å². The lowest BCUT2D eigenvalue weighted by Gasteiger charge is -2.20. The summed E-state index contributed by atoms with van der Waals surface area (Å²) in [4.78, 5) is 31.0. The van der Waals surface area contributed by atoms with Gasteiger partial charge >= 0.3 is 0 Å². The highest BCUT2D eigenvalue weighted by molar-refractivity contribution is 5.98. The molecule has 0 atom stereocenters. The molecule has 0 aliphatic carbocycles. The van der Waals surface area contributed by atoms with Gasteiger partial charge in [0, 0.05) is 24.5 Å². The van der Waals surface area contributed by atoms with Crippen molar-refractivity contribution in [2.24, 2.45) is 0 Å². The number of para-hydroxylation sites is 1. The molecule has 0 unspecified atom stereocenters. The predicted octanol–water partition coefficient (Wildman–Crippen LogP) is 4.86. The number of ether oxygens (including phenoxy) is 1. The van der Waals surface area contributed by atoms with Gasteiger partial charge in [-0.1, -0.05) is 43.3 Å². The van der Waals surface area contributed by atoms with E-state index in [1.54, 1.807) is 17.2 Å². The Labute approximate surface area is 194 Å². The lowest BCUT2D eigenvalue weighted by Crippen LogP contribution is -2.37. The zero-order valence-electron chi connectivity index (χ0n) is 19.0. The lowest BCUT2D eigenvalue weighted by atomic mass is 10.2. The van der Waals surface area contributed by atoms with Crippen LogP contribution in [0.2, 0.25) is 0 Å². The summed E-state index contributed by atoms with van der Waals surface area (Å²) < 4.78 is 5.74. The highest BCUT2D eigenvalue weighted by Crippen LogP contribution is 2.15. The van der Waals surface area contributed by atoms with E-state index in [1.807, 2.05) is 80.6 Å². The molecule has 1 aromatic heterocycles. The molecule has 0 aliphatic heterocycles. The predicted molar refractivity (Wildman–Crippen MR) is 131 cm³/mol. The molecule has 1 N–H and O–H groups in total. The van der Waals surface area contributed by atoms with Crippen molar-refractivity contribution in [1.29, 1.82) is 0 Å². The first-order valence-corrected chi connectivity index (χ1v) is 11.0. The minimum atomic E-state index is -0.214. The van der Waals surface area contributed by atoms with Gasteiger partial charge in [-0.15, -0.1) is 0 Å². The Morgan fingerprint density at radius 3 is 2.48 bits per heavy atom. The number of aryl methyl sites for hydroxylation is 1. The molecule has 2 aromatic carbocycles. The summed E-state index contributed by atoms with van der Waals surface area (Å²) in [5, 5.41) is 2.88. The second-order valence-electron chi connectivity index (χ2n) is 7.64. The van der Waals surface area contributed by atoms with Crippen LogP contribution in [0.1, 0.15) is 30.2 Å². The average Bonchev–Trinajstić information content (AvgIpc) is 2.83. The number of benzene rings is 2. The number of nitrogens with zero attached hydrogens (tertiary/aromatic N) is 2. The maximum Gasteiger partial charge on any atom is 0.247 e. The topological polar surface area (TPSA) is 71.5 Å². The number of hydrogen-bond donors (Lipinski definition) is 1. The van der Waals surface area contributed by atoms with E-state index in [0.717, 1.165) is 34.7 Å². The first-order valence-electron chi connectivity index (χ1n) is 11.0. The molecule has 170 valence electrons. The fourth-order valence-electron chi connectivity index (χ4n) is 3.20. The van der Waals surface area contributed by atoms with Crippen LogP contribution < -0.4 is 10.1 Å². The summed E-state index contributed by atoms with van der Waals surface area (Å²) in [5.74, 6) is 0.311. The summed E-state index contributed by atoms with van der Waals surface area (Å²) in [6.45, 7) is 4.82. The molecular formula is C27H29N3O3. The third-order valence-electron chi connectivity index (χ3n) is 4.97. The van der Waals surface area contributed by atoms with E-state index in [1.165, 1.54) is 6.08 Å². The van der Waals surface area contributed by atoms with E-state index in [-0.39, 0.29) is 18.4 Å². The normalized spacial score (nSPS) is 10.7. The molecule has 0 fully saturated rings. The van der Waals surface area contributed by atoms with Gasteiger partial charge in [0.2, 0.25) is 11.8 Å². The van der Waals surface area contributed by atoms with E-state index < -0.39 is 0 Å². The molecule has 2 amide bonds. The third-order valence-corrected chi connectivity index (χ3v) is 4.97. The number of rotatable bonds is 10. The Morgan fingerprint density at radius 2 is 1.79 bits per heavy atom. The van der Waals surface area contributed by atoms with E-state index in [0.29, 0.717) is 13.2 Å². The van der Waals surface area contributed by atoms with Gasteiger partial charge in [-0.3, -0.25) is 14.6 Å². The van der Waals surface area contributed by atoms with Crippen molar-refractivity contribution in [3.63, 3.8) is 0 Å². The van der Waals surface area contributed by atoms with Crippen LogP contribution in [0.15, 0.2) is 79.0 Å². The Balaban J connectivity index is 1.54. The molecule has 0 saturated heterocycles. The maximum absolute atomic E-state index is 12.7. The zero-order valence-corrected chi connectivity index (χ0v) is 19.0. The van der Waals surface area contributed by atoms with Crippen LogP contribution in [-0.4, -0.2) is 34.8 Å². The van der Waals surface area contributed by atoms with Gasteiger partial charge in [0.25, 0.3) is 0 Å². The highest BCUT2D eigenvalue weighted by Gasteiger charge is 2.15. The summed E-state index contributed by atoms with van der Waals surface area (Å²) >= 11 is 0. The molecule has 0 aliphatic rings. The van der Waals surface area contributed by atoms with Crippen LogP contribution in [-0.2, 0) is 16.2 Å². The number of pyridine rings is 1. The van der Waals surface area contributed by atoms with Crippen LogP contribution in [0, 0.1) is 6.92 Å². The fourth-order valence-corrected chi connectivity index (χ4v) is 3.20. The van der Waals surface area contributed by atoms with E-state index in [4.69, 9.17) is 4.74 Å². The van der Waals surface area contributed by atoms with E-state index >= 15 is 0 Å². The highest BCUT2D eigenvalue weighted by atomic mass is 16.5. The van der Waals surface area contributed by atoms with Crippen LogP contribution in [0.3, 0.4) is 0 Å². The number of carbonyl (C=O) groups excluding carboxylic acids is 2. The SMILES string of the molecule is CCCN(CC(=O)Nc1ccccc1C)C(=O)/C=C/c1ccc(OCc2ccccn2)cc1. The van der Waals surface area contributed by atoms with Crippen molar-refractivity contribution >= 4 is 23.6 Å². The van der Waals surface area contributed by atoms with Gasteiger partial charge in [0.1, 0.15) is 18.9 Å². The molecule has 3 rings (SSSR count). The zero-order chi connectivity index (χ0) is 23.5. The van der Waals surface area contributed by atoms with Crippen molar-refractivity contribution in [3.8, 4) is 5.75 Å². The number of anilines is 1. The van der Waals surface area contributed by atoms with Gasteiger partial charge in [-0.05, 0) is 60.9 Å². The smallest absolute Gasteiger partial charge is 0.247 e. The first-order chi connectivity index (χ1) is 16.0. The lowest BCUT2D eigenvalue weighted by molar-refractivity contribution is -0.130. The number of amides is 2. The van der Waals surface area contributed by atoms with Crippen molar-refractivity contribution in [2.75, 3.05) is 18.4 Å². The van der Waals surface area contributed by atoms with Crippen LogP contribution in [0.5, 0.6) is 5.75 Å². The van der Waals surface area contributed by atoms with Crippen molar-refractivity contribution < 1.29 is 14.3 Å². The first kappa shape index (κ1) is 23.7. The number of carbonyl (C=O) groups is 2. The van der Waals surface area contributed by atoms with Crippen LogP contribution >= 0.6 is 0 Å². The quantitative estimate of drug-likeness (QED) is 0.454.